The Kier molecular flexibility index (Phi) is 3.64. The molecule has 0 fully saturated rings. The van der Waals surface area contributed by atoms with E-state index in [4.69, 9.17) is 10.00 Å². The van der Waals surface area contributed by atoms with Gasteiger partial charge in [-0.05, 0) is 26.1 Å². The average Bonchev–Trinajstić information content (AvgIpc) is 2.28. The molecule has 0 radical (unpaired) electrons. The molecule has 0 saturated carbocycles. The molecule has 4 heteroatoms. The fraction of sp³-hybridized carbons (Fsp3) is 0.364. The molecule has 3 nitrogen and oxygen atoms in total. The Morgan fingerprint density at radius 1 is 1.53 bits per heavy atom. The second-order valence-corrected chi connectivity index (χ2v) is 3.41. The maximum absolute atomic E-state index is 13.1. The van der Waals surface area contributed by atoms with Crippen LogP contribution in [-0.4, -0.2) is 19.2 Å². The van der Waals surface area contributed by atoms with Crippen molar-refractivity contribution < 1.29 is 9.13 Å². The Bertz CT molecular complexity index is 375. The van der Waals surface area contributed by atoms with Crippen LogP contribution in [0, 0.1) is 17.1 Å². The zero-order chi connectivity index (χ0) is 11.3. The van der Waals surface area contributed by atoms with Crippen LogP contribution in [-0.2, 0) is 0 Å². The molecular formula is C11H13FN2O. The van der Waals surface area contributed by atoms with Gasteiger partial charge >= 0.3 is 0 Å². The molecular weight excluding hydrogens is 195 g/mol. The van der Waals surface area contributed by atoms with Gasteiger partial charge < -0.3 is 4.74 Å². The molecule has 1 atom stereocenters. The summed E-state index contributed by atoms with van der Waals surface area (Å²) in [5.74, 6) is -0.261. The van der Waals surface area contributed by atoms with Crippen molar-refractivity contribution >= 4 is 0 Å². The first-order chi connectivity index (χ1) is 7.11. The summed E-state index contributed by atoms with van der Waals surface area (Å²) >= 11 is 0. The van der Waals surface area contributed by atoms with E-state index < -0.39 is 11.4 Å². The Labute approximate surface area is 88.5 Å². The Morgan fingerprint density at radius 2 is 2.20 bits per heavy atom. The number of para-hydroxylation sites is 1. The van der Waals surface area contributed by atoms with Crippen molar-refractivity contribution in [3.05, 3.63) is 30.1 Å². The van der Waals surface area contributed by atoms with Gasteiger partial charge in [-0.1, -0.05) is 12.1 Å². The molecule has 0 aliphatic rings. The zero-order valence-electron chi connectivity index (χ0n) is 8.75. The Hall–Kier alpha value is -1.60. The van der Waals surface area contributed by atoms with Gasteiger partial charge in [0.2, 0.25) is 0 Å². The Balaban J connectivity index is 2.66. The molecule has 0 heterocycles. The van der Waals surface area contributed by atoms with Crippen molar-refractivity contribution in [1.82, 2.24) is 5.32 Å². The lowest BCUT2D eigenvalue weighted by Gasteiger charge is -2.20. The van der Waals surface area contributed by atoms with Crippen LogP contribution in [0.2, 0.25) is 0 Å². The normalized spacial score (nSPS) is 14.0. The number of ether oxygens (including phenoxy) is 1. The van der Waals surface area contributed by atoms with Crippen LogP contribution in [0.15, 0.2) is 24.3 Å². The molecule has 0 aliphatic heterocycles. The van der Waals surface area contributed by atoms with E-state index in [1.165, 1.54) is 12.1 Å². The van der Waals surface area contributed by atoms with Gasteiger partial charge in [-0.25, -0.2) is 4.39 Å². The fourth-order valence-electron chi connectivity index (χ4n) is 0.944. The smallest absolute Gasteiger partial charge is 0.165 e. The molecule has 0 amide bonds. The highest BCUT2D eigenvalue weighted by atomic mass is 19.1. The van der Waals surface area contributed by atoms with Crippen molar-refractivity contribution in [1.29, 1.82) is 5.26 Å². The lowest BCUT2D eigenvalue weighted by molar-refractivity contribution is 0.233. The number of nitrogens with zero attached hydrogens (tertiary/aromatic N) is 1. The highest BCUT2D eigenvalue weighted by Gasteiger charge is 2.22. The first-order valence-corrected chi connectivity index (χ1v) is 4.59. The second-order valence-electron chi connectivity index (χ2n) is 3.41. The monoisotopic (exact) mass is 208 g/mol. The second kappa shape index (κ2) is 4.76. The fourth-order valence-corrected chi connectivity index (χ4v) is 0.944. The average molecular weight is 208 g/mol. The van der Waals surface area contributed by atoms with Gasteiger partial charge in [-0.15, -0.1) is 0 Å². The molecule has 0 aromatic heterocycles. The largest absolute Gasteiger partial charge is 0.487 e. The molecule has 0 aliphatic carbocycles. The molecule has 0 spiro atoms. The van der Waals surface area contributed by atoms with Crippen LogP contribution in [0.25, 0.3) is 0 Å². The lowest BCUT2D eigenvalue weighted by atomic mass is 10.1. The number of hydrogen-bond acceptors (Lipinski definition) is 3. The van der Waals surface area contributed by atoms with E-state index >= 15 is 0 Å². The van der Waals surface area contributed by atoms with Crippen molar-refractivity contribution in [3.63, 3.8) is 0 Å². The lowest BCUT2D eigenvalue weighted by Crippen LogP contribution is -2.43. The van der Waals surface area contributed by atoms with E-state index in [1.54, 1.807) is 26.1 Å². The van der Waals surface area contributed by atoms with Gasteiger partial charge in [0.25, 0.3) is 0 Å². The van der Waals surface area contributed by atoms with Crippen molar-refractivity contribution in [2.75, 3.05) is 13.7 Å². The summed E-state index contributed by atoms with van der Waals surface area (Å²) in [6, 6.07) is 8.18. The first-order valence-electron chi connectivity index (χ1n) is 4.59. The number of likely N-dealkylation sites (N-methyl/N-ethyl adjacent to an activating group) is 1. The molecule has 0 saturated heterocycles. The maximum Gasteiger partial charge on any atom is 0.165 e. The highest BCUT2D eigenvalue weighted by molar-refractivity contribution is 5.24. The van der Waals surface area contributed by atoms with E-state index in [1.807, 2.05) is 0 Å². The predicted octanol–water partition coefficient (Wildman–Crippen LogP) is 1.71. The van der Waals surface area contributed by atoms with Crippen molar-refractivity contribution in [2.24, 2.45) is 0 Å². The number of halogens is 1. The predicted molar refractivity (Wildman–Crippen MR) is 55.0 cm³/mol. The summed E-state index contributed by atoms with van der Waals surface area (Å²) < 4.78 is 18.4. The van der Waals surface area contributed by atoms with Crippen LogP contribution in [0.5, 0.6) is 5.75 Å². The van der Waals surface area contributed by atoms with E-state index in [0.29, 0.717) is 0 Å². The number of nitrogens with one attached hydrogen (secondary N) is 1. The van der Waals surface area contributed by atoms with E-state index in [-0.39, 0.29) is 12.4 Å². The van der Waals surface area contributed by atoms with E-state index in [0.717, 1.165) is 0 Å². The highest BCUT2D eigenvalue weighted by Crippen LogP contribution is 2.16. The summed E-state index contributed by atoms with van der Waals surface area (Å²) in [5, 5.41) is 11.7. The van der Waals surface area contributed by atoms with Crippen LogP contribution in [0.3, 0.4) is 0 Å². The summed E-state index contributed by atoms with van der Waals surface area (Å²) in [5.41, 5.74) is -0.803. The molecule has 1 rings (SSSR count). The van der Waals surface area contributed by atoms with Crippen molar-refractivity contribution in [3.8, 4) is 11.8 Å². The molecule has 15 heavy (non-hydrogen) atoms. The molecule has 0 bridgehead atoms. The van der Waals surface area contributed by atoms with E-state index in [9.17, 15) is 4.39 Å². The standard InChI is InChI=1S/C11H13FN2O/c1-11(7-13,14-2)8-15-10-6-4-3-5-9(10)12/h3-6,14H,8H2,1-2H3. The summed E-state index contributed by atoms with van der Waals surface area (Å²) in [6.45, 7) is 1.79. The molecule has 1 N–H and O–H groups in total. The third-order valence-corrected chi connectivity index (χ3v) is 2.15. The summed E-state index contributed by atoms with van der Waals surface area (Å²) in [6.07, 6.45) is 0. The molecule has 1 aromatic rings. The van der Waals surface area contributed by atoms with Gasteiger partial charge in [0.05, 0.1) is 6.07 Å². The molecule has 1 aromatic carbocycles. The number of nitriles is 1. The van der Waals surface area contributed by atoms with E-state index in [2.05, 4.69) is 11.4 Å². The third kappa shape index (κ3) is 2.93. The minimum absolute atomic E-state index is 0.0981. The van der Waals surface area contributed by atoms with Gasteiger partial charge in [0.15, 0.2) is 11.6 Å². The topological polar surface area (TPSA) is 45.0 Å². The third-order valence-electron chi connectivity index (χ3n) is 2.15. The van der Waals surface area contributed by atoms with Crippen LogP contribution >= 0.6 is 0 Å². The van der Waals surface area contributed by atoms with Gasteiger partial charge in [-0.3, -0.25) is 5.32 Å². The van der Waals surface area contributed by atoms with Gasteiger partial charge in [0, 0.05) is 0 Å². The van der Waals surface area contributed by atoms with Gasteiger partial charge in [-0.2, -0.15) is 5.26 Å². The quantitative estimate of drug-likeness (QED) is 0.819. The minimum atomic E-state index is -0.803. The van der Waals surface area contributed by atoms with Crippen molar-refractivity contribution in [2.45, 2.75) is 12.5 Å². The minimum Gasteiger partial charge on any atom is -0.487 e. The van der Waals surface area contributed by atoms with Gasteiger partial charge in [0.1, 0.15) is 12.1 Å². The number of hydrogen-bond donors (Lipinski definition) is 1. The molecule has 80 valence electrons. The zero-order valence-corrected chi connectivity index (χ0v) is 8.75. The van der Waals surface area contributed by atoms with Crippen LogP contribution in [0.1, 0.15) is 6.92 Å². The summed E-state index contributed by atoms with van der Waals surface area (Å²) in [4.78, 5) is 0. The SMILES string of the molecule is CNC(C)(C#N)COc1ccccc1F. The number of rotatable bonds is 4. The van der Waals surface area contributed by atoms with Crippen LogP contribution < -0.4 is 10.1 Å². The molecule has 1 unspecified atom stereocenters. The first kappa shape index (κ1) is 11.5. The Morgan fingerprint density at radius 3 is 2.73 bits per heavy atom. The number of benzene rings is 1. The van der Waals surface area contributed by atoms with Crippen LogP contribution in [0.4, 0.5) is 4.39 Å². The summed E-state index contributed by atoms with van der Waals surface area (Å²) in [7, 11) is 1.66. The maximum atomic E-state index is 13.1.